The number of fused-ring (bicyclic) bond motifs is 1. The molecule has 0 saturated carbocycles. The molecule has 0 radical (unpaired) electrons. The molecule has 5 atom stereocenters. The van der Waals surface area contributed by atoms with E-state index in [9.17, 15) is 0 Å². The molecule has 4 heteroatoms. The maximum absolute atomic E-state index is 7.14. The molecule has 1 aromatic carbocycles. The van der Waals surface area contributed by atoms with Crippen molar-refractivity contribution in [2.45, 2.75) is 133 Å². The van der Waals surface area contributed by atoms with Crippen LogP contribution in [0.1, 0.15) is 132 Å². The number of rotatable bonds is 7. The first kappa shape index (κ1) is 34.7. The third-order valence-corrected chi connectivity index (χ3v) is 19.7. The quantitative estimate of drug-likeness (QED) is 0.216. The minimum Gasteiger partial charge on any atom is -0.468 e. The molecule has 2 heterocycles. The van der Waals surface area contributed by atoms with Crippen LogP contribution in [0, 0.1) is 29.1 Å². The van der Waals surface area contributed by atoms with Gasteiger partial charge in [-0.05, 0) is 111 Å². The van der Waals surface area contributed by atoms with Crippen LogP contribution in [0.2, 0.25) is 0 Å². The van der Waals surface area contributed by atoms with Crippen LogP contribution < -0.4 is 4.52 Å². The van der Waals surface area contributed by atoms with Gasteiger partial charge >= 0.3 is 0 Å². The predicted molar refractivity (Wildman–Crippen MR) is 195 cm³/mol. The number of benzene rings is 1. The lowest BCUT2D eigenvalue weighted by Gasteiger charge is -2.38. The maximum atomic E-state index is 7.14. The molecule has 236 valence electrons. The van der Waals surface area contributed by atoms with Gasteiger partial charge in [-0.1, -0.05) is 112 Å². The lowest BCUT2D eigenvalue weighted by atomic mass is 9.69. The Kier molecular flexibility index (Phi) is 10.1. The van der Waals surface area contributed by atoms with Crippen LogP contribution in [-0.4, -0.2) is 24.6 Å². The van der Waals surface area contributed by atoms with Crippen molar-refractivity contribution in [2.24, 2.45) is 22.2 Å². The number of hydrogen-bond donors (Lipinski definition) is 0. The summed E-state index contributed by atoms with van der Waals surface area (Å²) >= 11 is 0. The second-order valence-electron chi connectivity index (χ2n) is 17.5. The normalized spacial score (nSPS) is 28.4. The van der Waals surface area contributed by atoms with Gasteiger partial charge < -0.3 is 4.52 Å². The monoisotopic (exact) mass is 628 g/mol. The molecular formula is C38H63OP3. The summed E-state index contributed by atoms with van der Waals surface area (Å²) in [6.45, 7) is 33.8. The van der Waals surface area contributed by atoms with Gasteiger partial charge in [-0.15, -0.1) is 8.58 Å². The fourth-order valence-corrected chi connectivity index (χ4v) is 18.6. The van der Waals surface area contributed by atoms with Crippen LogP contribution in [0.5, 0.6) is 5.75 Å². The van der Waals surface area contributed by atoms with Crippen molar-refractivity contribution < 1.29 is 4.52 Å². The molecule has 5 unspecified atom stereocenters. The molecule has 0 aromatic heterocycles. The van der Waals surface area contributed by atoms with Gasteiger partial charge in [-0.2, -0.15) is 0 Å². The predicted octanol–water partition coefficient (Wildman–Crippen LogP) is 12.9. The van der Waals surface area contributed by atoms with Gasteiger partial charge in [-0.3, -0.25) is 0 Å². The van der Waals surface area contributed by atoms with Crippen LogP contribution in [0.3, 0.4) is 0 Å². The van der Waals surface area contributed by atoms with Crippen molar-refractivity contribution in [1.82, 2.24) is 0 Å². The Bertz CT molecular complexity index is 1220. The topological polar surface area (TPSA) is 9.23 Å². The summed E-state index contributed by atoms with van der Waals surface area (Å²) in [6, 6.07) is 4.83. The highest BCUT2D eigenvalue weighted by molar-refractivity contribution is 8.28. The fraction of sp³-hybridized carbons (Fsp3) is 0.737. The summed E-state index contributed by atoms with van der Waals surface area (Å²) in [5.41, 5.74) is 10.5. The second kappa shape index (κ2) is 12.2. The third kappa shape index (κ3) is 7.11. The van der Waals surface area contributed by atoms with Gasteiger partial charge in [0.25, 0.3) is 0 Å². The third-order valence-electron chi connectivity index (χ3n) is 10.3. The van der Waals surface area contributed by atoms with E-state index in [0.717, 1.165) is 8.58 Å². The Morgan fingerprint density at radius 3 is 2.21 bits per heavy atom. The molecule has 42 heavy (non-hydrogen) atoms. The molecule has 1 fully saturated rings. The Hall–Kier alpha value is -0.210. The SMILES string of the molecule is CCC1(CCPCC2=C(C(C)(C)C)CC(C)C=C2C(C)(C)C)CCP(P2Oc3c(C(C)(C)C)cc(C)cc3C2(C)C)C1. The first-order chi connectivity index (χ1) is 19.2. The zero-order chi connectivity index (χ0) is 31.5. The Balaban J connectivity index is 1.47. The second-order valence-corrected chi connectivity index (χ2v) is 25.3. The van der Waals surface area contributed by atoms with E-state index in [-0.39, 0.29) is 29.0 Å². The van der Waals surface area contributed by atoms with Gasteiger partial charge in [0.2, 0.25) is 0 Å². The van der Waals surface area contributed by atoms with E-state index >= 15 is 0 Å². The molecule has 0 amide bonds. The molecule has 2 aliphatic heterocycles. The van der Waals surface area contributed by atoms with E-state index in [1.807, 2.05) is 0 Å². The molecule has 0 N–H and O–H groups in total. The highest BCUT2D eigenvalue weighted by atomic mass is 32.1. The summed E-state index contributed by atoms with van der Waals surface area (Å²) in [4.78, 5) is 0. The molecule has 0 bridgehead atoms. The molecule has 0 spiro atoms. The number of aryl methyl sites for hydroxylation is 1. The summed E-state index contributed by atoms with van der Waals surface area (Å²) < 4.78 is 7.14. The van der Waals surface area contributed by atoms with Crippen molar-refractivity contribution in [3.8, 4) is 5.75 Å². The largest absolute Gasteiger partial charge is 0.468 e. The lowest BCUT2D eigenvalue weighted by Crippen LogP contribution is -2.25. The summed E-state index contributed by atoms with van der Waals surface area (Å²) in [5.74, 6) is 1.90. The number of allylic oxidation sites excluding steroid dienone is 4. The first-order valence-corrected chi connectivity index (χ1v) is 21.8. The Morgan fingerprint density at radius 1 is 0.976 bits per heavy atom. The van der Waals surface area contributed by atoms with E-state index < -0.39 is 7.84 Å². The highest BCUT2D eigenvalue weighted by Gasteiger charge is 2.52. The van der Waals surface area contributed by atoms with Gasteiger partial charge in [0.1, 0.15) is 13.6 Å². The highest BCUT2D eigenvalue weighted by Crippen LogP contribution is 2.85. The average molecular weight is 629 g/mol. The van der Waals surface area contributed by atoms with Gasteiger partial charge in [0, 0.05) is 11.1 Å². The molecule has 1 saturated heterocycles. The minimum atomic E-state index is -0.475. The van der Waals surface area contributed by atoms with Crippen molar-refractivity contribution in [1.29, 1.82) is 0 Å². The van der Waals surface area contributed by atoms with Crippen LogP contribution in [0.15, 0.2) is 34.9 Å². The minimum absolute atomic E-state index is 0.0882. The van der Waals surface area contributed by atoms with E-state index in [0.29, 0.717) is 11.3 Å². The van der Waals surface area contributed by atoms with Gasteiger partial charge in [0.15, 0.2) is 0 Å². The molecule has 4 rings (SSSR count). The van der Waals surface area contributed by atoms with E-state index in [2.05, 4.69) is 115 Å². The Morgan fingerprint density at radius 2 is 1.64 bits per heavy atom. The van der Waals surface area contributed by atoms with Crippen molar-refractivity contribution in [3.05, 3.63) is 51.6 Å². The molecular weight excluding hydrogens is 565 g/mol. The maximum Gasteiger partial charge on any atom is 0.131 e. The van der Waals surface area contributed by atoms with E-state index in [1.54, 1.807) is 16.7 Å². The summed E-state index contributed by atoms with van der Waals surface area (Å²) in [7, 11) is 0.467. The number of hydrogen-bond acceptors (Lipinski definition) is 1. The molecule has 3 aliphatic rings. The van der Waals surface area contributed by atoms with Gasteiger partial charge in [-0.25, -0.2) is 0 Å². The average Bonchev–Trinajstić information content (AvgIpc) is 3.38. The van der Waals surface area contributed by atoms with E-state index in [4.69, 9.17) is 4.52 Å². The first-order valence-electron chi connectivity index (χ1n) is 16.7. The van der Waals surface area contributed by atoms with Crippen LogP contribution in [-0.2, 0) is 10.6 Å². The smallest absolute Gasteiger partial charge is 0.131 e. The van der Waals surface area contributed by atoms with Crippen molar-refractivity contribution in [2.75, 3.05) is 24.6 Å². The summed E-state index contributed by atoms with van der Waals surface area (Å²) in [6.07, 6.45) is 13.5. The van der Waals surface area contributed by atoms with Crippen molar-refractivity contribution in [3.63, 3.8) is 0 Å². The lowest BCUT2D eigenvalue weighted by molar-refractivity contribution is 0.312. The standard InChI is InChI=1S/C38H63OP3/c1-15-38(16-18-40-24-28-29(34(4,5)6)20-26(2)21-30(28)35(7,8)9)17-19-41(25-38)42-37(13,14)32-23-27(3)22-31(33(32)39-42)36(10,11)12/h20,22-23,26,40H,15-19,21,24-25H2,1-14H3. The molecule has 1 aromatic rings. The van der Waals surface area contributed by atoms with E-state index in [1.165, 1.54) is 72.8 Å². The van der Waals surface area contributed by atoms with Crippen LogP contribution in [0.25, 0.3) is 0 Å². The van der Waals surface area contributed by atoms with Gasteiger partial charge in [0.05, 0.1) is 5.16 Å². The van der Waals surface area contributed by atoms with Crippen LogP contribution >= 0.6 is 24.0 Å². The molecule has 1 aliphatic carbocycles. The zero-order valence-electron chi connectivity index (χ0n) is 29.8. The summed E-state index contributed by atoms with van der Waals surface area (Å²) in [5, 5.41) is 0.150. The van der Waals surface area contributed by atoms with Crippen molar-refractivity contribution >= 4 is 24.0 Å². The Labute approximate surface area is 265 Å². The molecule has 1 nitrogen and oxygen atoms in total. The van der Waals surface area contributed by atoms with Crippen LogP contribution in [0.4, 0.5) is 0 Å². The fourth-order valence-electron chi connectivity index (χ4n) is 7.62. The zero-order valence-corrected chi connectivity index (χ0v) is 32.6.